The van der Waals surface area contributed by atoms with Gasteiger partial charge in [0.1, 0.15) is 0 Å². The summed E-state index contributed by atoms with van der Waals surface area (Å²) in [5, 5.41) is 0. The smallest absolute Gasteiger partial charge is 0.309 e. The maximum Gasteiger partial charge on any atom is 0.309 e. The molecule has 0 bridgehead atoms. The van der Waals surface area contributed by atoms with Gasteiger partial charge in [0.15, 0.2) is 0 Å². The van der Waals surface area contributed by atoms with Crippen molar-refractivity contribution in [2.45, 2.75) is 20.3 Å². The van der Waals surface area contributed by atoms with Crippen molar-refractivity contribution in [1.82, 2.24) is 0 Å². The number of ether oxygens (including phenoxy) is 1. The molecule has 1 aromatic rings. The third-order valence-electron chi connectivity index (χ3n) is 3.13. The summed E-state index contributed by atoms with van der Waals surface area (Å²) >= 11 is 0. The first-order valence-electron chi connectivity index (χ1n) is 6.61. The summed E-state index contributed by atoms with van der Waals surface area (Å²) in [4.78, 5) is 11.8. The molecule has 1 rings (SSSR count). The van der Waals surface area contributed by atoms with E-state index < -0.39 is 0 Å². The Morgan fingerprint density at radius 1 is 1.32 bits per heavy atom. The van der Waals surface area contributed by atoms with Crippen molar-refractivity contribution in [2.75, 3.05) is 7.11 Å². The Morgan fingerprint density at radius 2 is 2.00 bits per heavy atom. The standard InChI is InChI=1S/C17H22O2/c1-4-9-14(2)16(17(18)19-3)13-8-12-15-10-6-5-7-11-15/h4-12,14,16H,13H2,1-3H3/b9-4+,12-8+/t14-,16+/m1/s1. The predicted octanol–water partition coefficient (Wildman–Crippen LogP) is 4.09. The zero-order chi connectivity index (χ0) is 14.1. The van der Waals surface area contributed by atoms with Gasteiger partial charge in [-0.25, -0.2) is 0 Å². The number of hydrogen-bond acceptors (Lipinski definition) is 2. The maximum atomic E-state index is 11.8. The lowest BCUT2D eigenvalue weighted by Crippen LogP contribution is -2.21. The SMILES string of the molecule is C/C=C/[C@@H](C)[C@H](C/C=C/c1ccccc1)C(=O)OC. The van der Waals surface area contributed by atoms with E-state index in [9.17, 15) is 4.79 Å². The Bertz CT molecular complexity index is 432. The Morgan fingerprint density at radius 3 is 2.58 bits per heavy atom. The summed E-state index contributed by atoms with van der Waals surface area (Å²) in [7, 11) is 1.44. The highest BCUT2D eigenvalue weighted by Gasteiger charge is 2.22. The molecule has 2 heteroatoms. The quantitative estimate of drug-likeness (QED) is 0.567. The minimum Gasteiger partial charge on any atom is -0.469 e. The lowest BCUT2D eigenvalue weighted by molar-refractivity contribution is -0.146. The number of rotatable bonds is 6. The highest BCUT2D eigenvalue weighted by molar-refractivity contribution is 5.73. The average Bonchev–Trinajstić information content (AvgIpc) is 2.44. The molecule has 0 aliphatic carbocycles. The Labute approximate surface area is 115 Å². The van der Waals surface area contributed by atoms with E-state index in [0.29, 0.717) is 6.42 Å². The van der Waals surface area contributed by atoms with Gasteiger partial charge in [-0.2, -0.15) is 0 Å². The summed E-state index contributed by atoms with van der Waals surface area (Å²) in [6.45, 7) is 4.00. The van der Waals surface area contributed by atoms with Crippen molar-refractivity contribution in [3.05, 3.63) is 54.1 Å². The molecule has 2 nitrogen and oxygen atoms in total. The molecule has 1 aromatic carbocycles. The first-order valence-corrected chi connectivity index (χ1v) is 6.61. The van der Waals surface area contributed by atoms with Crippen LogP contribution in [0.25, 0.3) is 6.08 Å². The fourth-order valence-electron chi connectivity index (χ4n) is 2.03. The van der Waals surface area contributed by atoms with Crippen LogP contribution >= 0.6 is 0 Å². The van der Waals surface area contributed by atoms with Gasteiger partial charge in [0.2, 0.25) is 0 Å². The normalized spacial score (nSPS) is 14.7. The third-order valence-corrected chi connectivity index (χ3v) is 3.13. The molecule has 19 heavy (non-hydrogen) atoms. The van der Waals surface area contributed by atoms with Crippen LogP contribution in [0.15, 0.2) is 48.6 Å². The van der Waals surface area contributed by atoms with Crippen LogP contribution in [0.3, 0.4) is 0 Å². The molecule has 0 radical (unpaired) electrons. The van der Waals surface area contributed by atoms with Crippen molar-refractivity contribution in [3.63, 3.8) is 0 Å². The second-order valence-electron chi connectivity index (χ2n) is 4.56. The van der Waals surface area contributed by atoms with Crippen molar-refractivity contribution < 1.29 is 9.53 Å². The van der Waals surface area contributed by atoms with Crippen LogP contribution in [0.4, 0.5) is 0 Å². The first kappa shape index (κ1) is 15.2. The molecule has 102 valence electrons. The summed E-state index contributed by atoms with van der Waals surface area (Å²) in [5.41, 5.74) is 1.14. The van der Waals surface area contributed by atoms with E-state index in [4.69, 9.17) is 4.74 Å². The van der Waals surface area contributed by atoms with E-state index in [1.165, 1.54) is 7.11 Å². The van der Waals surface area contributed by atoms with Crippen molar-refractivity contribution in [3.8, 4) is 0 Å². The van der Waals surface area contributed by atoms with Gasteiger partial charge in [-0.15, -0.1) is 0 Å². The number of hydrogen-bond donors (Lipinski definition) is 0. The Kier molecular flexibility index (Phi) is 6.65. The second-order valence-corrected chi connectivity index (χ2v) is 4.56. The van der Waals surface area contributed by atoms with Crippen molar-refractivity contribution >= 4 is 12.0 Å². The van der Waals surface area contributed by atoms with Gasteiger partial charge in [0, 0.05) is 0 Å². The lowest BCUT2D eigenvalue weighted by atomic mass is 9.90. The molecule has 0 spiro atoms. The second kappa shape index (κ2) is 8.30. The molecule has 0 unspecified atom stereocenters. The summed E-state index contributed by atoms with van der Waals surface area (Å²) in [6.07, 6.45) is 8.78. The number of carbonyl (C=O) groups excluding carboxylic acids is 1. The van der Waals surface area contributed by atoms with Gasteiger partial charge in [0.05, 0.1) is 13.0 Å². The Hall–Kier alpha value is -1.83. The van der Waals surface area contributed by atoms with E-state index in [1.807, 2.05) is 68.5 Å². The van der Waals surface area contributed by atoms with Crippen LogP contribution in [-0.4, -0.2) is 13.1 Å². The van der Waals surface area contributed by atoms with Crippen LogP contribution in [-0.2, 0) is 9.53 Å². The van der Waals surface area contributed by atoms with Crippen LogP contribution in [0.5, 0.6) is 0 Å². The Balaban J connectivity index is 2.68. The molecule has 0 amide bonds. The number of methoxy groups -OCH3 is 1. The van der Waals surface area contributed by atoms with Crippen molar-refractivity contribution in [1.29, 1.82) is 0 Å². The highest BCUT2D eigenvalue weighted by Crippen LogP contribution is 2.20. The monoisotopic (exact) mass is 258 g/mol. The first-order chi connectivity index (χ1) is 9.19. The lowest BCUT2D eigenvalue weighted by Gasteiger charge is -2.17. The minimum atomic E-state index is -0.150. The van der Waals surface area contributed by atoms with Crippen LogP contribution in [0.2, 0.25) is 0 Å². The third kappa shape index (κ3) is 5.12. The van der Waals surface area contributed by atoms with Gasteiger partial charge in [0.25, 0.3) is 0 Å². The molecule has 0 N–H and O–H groups in total. The fraction of sp³-hybridized carbons (Fsp3) is 0.353. The maximum absolute atomic E-state index is 11.8. The van der Waals surface area contributed by atoms with E-state index >= 15 is 0 Å². The van der Waals surface area contributed by atoms with E-state index in [2.05, 4.69) is 0 Å². The molecule has 0 heterocycles. The summed E-state index contributed by atoms with van der Waals surface area (Å²) in [6, 6.07) is 10.1. The summed E-state index contributed by atoms with van der Waals surface area (Å²) < 4.78 is 4.88. The number of allylic oxidation sites excluding steroid dienone is 3. The zero-order valence-electron chi connectivity index (χ0n) is 11.9. The topological polar surface area (TPSA) is 26.3 Å². The highest BCUT2D eigenvalue weighted by atomic mass is 16.5. The van der Waals surface area contributed by atoms with Gasteiger partial charge >= 0.3 is 5.97 Å². The molecular formula is C17H22O2. The van der Waals surface area contributed by atoms with E-state index in [0.717, 1.165) is 5.56 Å². The van der Waals surface area contributed by atoms with Gasteiger partial charge in [-0.05, 0) is 24.8 Å². The molecule has 0 aliphatic heterocycles. The minimum absolute atomic E-state index is 0.124. The number of esters is 1. The predicted molar refractivity (Wildman–Crippen MR) is 79.6 cm³/mol. The summed E-state index contributed by atoms with van der Waals surface area (Å²) in [5.74, 6) is -0.0950. The molecule has 2 atom stereocenters. The van der Waals surface area contributed by atoms with Gasteiger partial charge in [-0.1, -0.05) is 61.6 Å². The van der Waals surface area contributed by atoms with Gasteiger partial charge in [-0.3, -0.25) is 4.79 Å². The molecular weight excluding hydrogens is 236 g/mol. The molecule has 0 aromatic heterocycles. The molecule has 0 saturated heterocycles. The molecule has 0 saturated carbocycles. The number of carbonyl (C=O) groups is 1. The molecule has 0 aliphatic rings. The van der Waals surface area contributed by atoms with E-state index in [-0.39, 0.29) is 17.8 Å². The van der Waals surface area contributed by atoms with Gasteiger partial charge < -0.3 is 4.74 Å². The number of benzene rings is 1. The fourth-order valence-corrected chi connectivity index (χ4v) is 2.03. The van der Waals surface area contributed by atoms with Crippen LogP contribution in [0.1, 0.15) is 25.8 Å². The molecule has 0 fully saturated rings. The van der Waals surface area contributed by atoms with E-state index in [1.54, 1.807) is 0 Å². The average molecular weight is 258 g/mol. The van der Waals surface area contributed by atoms with Crippen molar-refractivity contribution in [2.24, 2.45) is 11.8 Å². The van der Waals surface area contributed by atoms with Crippen LogP contribution in [0, 0.1) is 11.8 Å². The largest absolute Gasteiger partial charge is 0.469 e. The van der Waals surface area contributed by atoms with Crippen LogP contribution < -0.4 is 0 Å². The zero-order valence-corrected chi connectivity index (χ0v) is 11.9.